The minimum Gasteiger partial charge on any atom is -0.484 e. The Balaban J connectivity index is 1.54. The zero-order valence-electron chi connectivity index (χ0n) is 17.8. The van der Waals surface area contributed by atoms with Gasteiger partial charge < -0.3 is 10.1 Å². The van der Waals surface area contributed by atoms with E-state index in [1.807, 2.05) is 19.1 Å². The smallest absolute Gasteiger partial charge is 0.263 e. The molecule has 31 heavy (non-hydrogen) atoms. The molecule has 6 nitrogen and oxygen atoms in total. The molecule has 8 heteroatoms. The lowest BCUT2D eigenvalue weighted by Gasteiger charge is -2.18. The molecule has 0 fully saturated rings. The number of anilines is 1. The summed E-state index contributed by atoms with van der Waals surface area (Å²) in [5.41, 5.74) is 3.00. The van der Waals surface area contributed by atoms with Gasteiger partial charge in [0.15, 0.2) is 6.61 Å². The number of benzene rings is 2. The highest BCUT2D eigenvalue weighted by atomic mass is 35.5. The van der Waals surface area contributed by atoms with Crippen LogP contribution in [0.5, 0.6) is 5.75 Å². The van der Waals surface area contributed by atoms with E-state index in [2.05, 4.69) is 43.3 Å². The molecule has 0 aliphatic rings. The van der Waals surface area contributed by atoms with Crippen LogP contribution in [0.2, 0.25) is 5.02 Å². The van der Waals surface area contributed by atoms with Crippen molar-refractivity contribution < 1.29 is 9.53 Å². The number of carbonyl (C=O) groups is 1. The molecule has 2 aromatic carbocycles. The Morgan fingerprint density at radius 2 is 1.90 bits per heavy atom. The van der Waals surface area contributed by atoms with Gasteiger partial charge in [-0.3, -0.25) is 4.79 Å². The summed E-state index contributed by atoms with van der Waals surface area (Å²) in [5.74, 6) is 0.842. The molecule has 0 aliphatic carbocycles. The third-order valence-electron chi connectivity index (χ3n) is 4.71. The minimum atomic E-state index is -0.285. The van der Waals surface area contributed by atoms with Gasteiger partial charge in [-0.25, -0.2) is 4.98 Å². The number of nitrogens with zero attached hydrogens (tertiary/aromatic N) is 3. The summed E-state index contributed by atoms with van der Waals surface area (Å²) < 4.78 is 8.27. The van der Waals surface area contributed by atoms with Crippen molar-refractivity contribution >= 4 is 44.9 Å². The van der Waals surface area contributed by atoms with E-state index < -0.39 is 0 Å². The summed E-state index contributed by atoms with van der Waals surface area (Å²) >= 11 is 7.41. The van der Waals surface area contributed by atoms with Crippen LogP contribution in [0.25, 0.3) is 15.3 Å². The number of fused-ring (bicyclic) bond motifs is 1. The maximum atomic E-state index is 12.5. The molecule has 1 N–H and O–H groups in total. The van der Waals surface area contributed by atoms with Crippen molar-refractivity contribution in [1.82, 2.24) is 14.8 Å². The van der Waals surface area contributed by atoms with Gasteiger partial charge in [0.05, 0.1) is 15.9 Å². The third-order valence-corrected chi connectivity index (χ3v) is 5.95. The van der Waals surface area contributed by atoms with Gasteiger partial charge in [0, 0.05) is 11.1 Å². The zero-order chi connectivity index (χ0) is 22.2. The Bertz CT molecular complexity index is 1240. The van der Waals surface area contributed by atoms with Crippen LogP contribution < -0.4 is 10.1 Å². The number of carbonyl (C=O) groups excluding carboxylic acids is 1. The molecule has 0 atom stereocenters. The highest BCUT2D eigenvalue weighted by Crippen LogP contribution is 2.31. The van der Waals surface area contributed by atoms with Gasteiger partial charge in [0.2, 0.25) is 5.13 Å². The fourth-order valence-corrected chi connectivity index (χ4v) is 4.16. The van der Waals surface area contributed by atoms with Crippen molar-refractivity contribution in [2.24, 2.45) is 0 Å². The van der Waals surface area contributed by atoms with Crippen LogP contribution in [-0.4, -0.2) is 27.3 Å². The summed E-state index contributed by atoms with van der Waals surface area (Å²) in [6.45, 7) is 8.31. The molecule has 0 saturated heterocycles. The lowest BCUT2D eigenvalue weighted by atomic mass is 9.87. The molecule has 4 rings (SSSR count). The molecule has 0 radical (unpaired) electrons. The van der Waals surface area contributed by atoms with Crippen molar-refractivity contribution in [2.45, 2.75) is 33.1 Å². The van der Waals surface area contributed by atoms with E-state index in [0.717, 1.165) is 15.9 Å². The topological polar surface area (TPSA) is 69.0 Å². The van der Waals surface area contributed by atoms with Gasteiger partial charge in [0.25, 0.3) is 5.91 Å². The Morgan fingerprint density at radius 1 is 1.16 bits per heavy atom. The Kier molecular flexibility index (Phi) is 5.73. The summed E-state index contributed by atoms with van der Waals surface area (Å²) in [5, 5.41) is 8.70. The number of amides is 1. The first-order chi connectivity index (χ1) is 14.7. The molecule has 1 amide bonds. The predicted molar refractivity (Wildman–Crippen MR) is 126 cm³/mol. The second-order valence-electron chi connectivity index (χ2n) is 8.30. The SMILES string of the molecule is Cc1cc(NC(=O)COc2ccc(Cl)cc2)n(-c2nc3ccc(C(C)(C)C)cc3s2)n1. The van der Waals surface area contributed by atoms with E-state index in [1.54, 1.807) is 40.3 Å². The molecular formula is C23H23ClN4O2S. The van der Waals surface area contributed by atoms with Crippen LogP contribution in [0.1, 0.15) is 32.0 Å². The van der Waals surface area contributed by atoms with Gasteiger partial charge in [-0.15, -0.1) is 0 Å². The molecular weight excluding hydrogens is 432 g/mol. The third kappa shape index (κ3) is 4.89. The zero-order valence-corrected chi connectivity index (χ0v) is 19.3. The van der Waals surface area contributed by atoms with Crippen molar-refractivity contribution in [2.75, 3.05) is 11.9 Å². The predicted octanol–water partition coefficient (Wildman–Crippen LogP) is 5.76. The van der Waals surface area contributed by atoms with Gasteiger partial charge in [-0.1, -0.05) is 49.8 Å². The van der Waals surface area contributed by atoms with E-state index in [0.29, 0.717) is 21.7 Å². The van der Waals surface area contributed by atoms with Crippen molar-refractivity contribution in [3.05, 3.63) is 64.8 Å². The van der Waals surface area contributed by atoms with Gasteiger partial charge in [-0.2, -0.15) is 9.78 Å². The first kappa shape index (κ1) is 21.3. The van der Waals surface area contributed by atoms with Gasteiger partial charge in [0.1, 0.15) is 11.6 Å². The summed E-state index contributed by atoms with van der Waals surface area (Å²) in [6.07, 6.45) is 0. The minimum absolute atomic E-state index is 0.0594. The maximum Gasteiger partial charge on any atom is 0.263 e. The number of hydrogen-bond acceptors (Lipinski definition) is 5. The van der Waals surface area contributed by atoms with E-state index >= 15 is 0 Å². The molecule has 0 saturated carbocycles. The number of ether oxygens (including phenoxy) is 1. The van der Waals surface area contributed by atoms with Crippen LogP contribution >= 0.6 is 22.9 Å². The maximum absolute atomic E-state index is 12.5. The first-order valence-corrected chi connectivity index (χ1v) is 11.0. The van der Waals surface area contributed by atoms with Gasteiger partial charge in [-0.05, 0) is 54.3 Å². The van der Waals surface area contributed by atoms with Crippen LogP contribution in [-0.2, 0) is 10.2 Å². The number of thiazole rings is 1. The molecule has 2 heterocycles. The molecule has 160 valence electrons. The van der Waals surface area contributed by atoms with Crippen molar-refractivity contribution in [3.8, 4) is 10.9 Å². The number of halogens is 1. The highest BCUT2D eigenvalue weighted by molar-refractivity contribution is 7.20. The molecule has 0 aliphatic heterocycles. The lowest BCUT2D eigenvalue weighted by molar-refractivity contribution is -0.118. The Morgan fingerprint density at radius 3 is 2.61 bits per heavy atom. The van der Waals surface area contributed by atoms with E-state index in [9.17, 15) is 4.79 Å². The molecule has 2 aromatic heterocycles. The molecule has 0 unspecified atom stereocenters. The van der Waals surface area contributed by atoms with Crippen molar-refractivity contribution in [3.63, 3.8) is 0 Å². The quantitative estimate of drug-likeness (QED) is 0.416. The monoisotopic (exact) mass is 454 g/mol. The molecule has 0 spiro atoms. The number of rotatable bonds is 5. The summed E-state index contributed by atoms with van der Waals surface area (Å²) in [4.78, 5) is 17.2. The van der Waals surface area contributed by atoms with Crippen LogP contribution in [0, 0.1) is 6.92 Å². The second kappa shape index (κ2) is 8.32. The fourth-order valence-electron chi connectivity index (χ4n) is 3.06. The number of hydrogen-bond donors (Lipinski definition) is 1. The van der Waals surface area contributed by atoms with Crippen LogP contribution in [0.3, 0.4) is 0 Å². The van der Waals surface area contributed by atoms with Crippen LogP contribution in [0.15, 0.2) is 48.5 Å². The van der Waals surface area contributed by atoms with Crippen molar-refractivity contribution in [1.29, 1.82) is 0 Å². The van der Waals surface area contributed by atoms with E-state index in [1.165, 1.54) is 5.56 Å². The van der Waals surface area contributed by atoms with Gasteiger partial charge >= 0.3 is 0 Å². The Hall–Kier alpha value is -2.90. The number of aromatic nitrogens is 3. The highest BCUT2D eigenvalue weighted by Gasteiger charge is 2.18. The largest absolute Gasteiger partial charge is 0.484 e. The van der Waals surface area contributed by atoms with Crippen LogP contribution in [0.4, 0.5) is 5.82 Å². The van der Waals surface area contributed by atoms with E-state index in [-0.39, 0.29) is 17.9 Å². The average Bonchev–Trinajstić information content (AvgIpc) is 3.29. The average molecular weight is 455 g/mol. The van der Waals surface area contributed by atoms with E-state index in [4.69, 9.17) is 21.3 Å². The normalized spacial score (nSPS) is 11.6. The standard InChI is InChI=1S/C23H23ClN4O2S/c1-14-11-20(26-21(29)13-30-17-8-6-16(24)7-9-17)28(27-14)22-25-18-10-5-15(23(2,3)4)12-19(18)31-22/h5-12H,13H2,1-4H3,(H,26,29). The second-order valence-corrected chi connectivity index (χ2v) is 9.75. The molecule has 4 aromatic rings. The number of nitrogens with one attached hydrogen (secondary N) is 1. The number of aryl methyl sites for hydroxylation is 1. The fraction of sp³-hybridized carbons (Fsp3) is 0.261. The lowest BCUT2D eigenvalue weighted by Crippen LogP contribution is -2.21. The summed E-state index contributed by atoms with van der Waals surface area (Å²) in [6, 6.07) is 15.0. The first-order valence-electron chi connectivity index (χ1n) is 9.85. The Labute approximate surface area is 189 Å². The summed E-state index contributed by atoms with van der Waals surface area (Å²) in [7, 11) is 0. The molecule has 0 bridgehead atoms.